The van der Waals surface area contributed by atoms with Crippen LogP contribution in [0.3, 0.4) is 0 Å². The van der Waals surface area contributed by atoms with Gasteiger partial charge in [0.2, 0.25) is 0 Å². The van der Waals surface area contributed by atoms with E-state index in [9.17, 15) is 0 Å². The number of nitrogens with two attached hydrogens (primary N) is 1. The molecule has 1 aromatic rings. The number of methoxy groups -OCH3 is 1. The number of anilines is 1. The molecular formula is C11H17N3O2. The van der Waals surface area contributed by atoms with E-state index in [4.69, 9.17) is 15.7 Å². The molecule has 1 rings (SSSR count). The van der Waals surface area contributed by atoms with Crippen LogP contribution in [0.2, 0.25) is 0 Å². The van der Waals surface area contributed by atoms with Crippen molar-refractivity contribution in [3.05, 3.63) is 24.3 Å². The van der Waals surface area contributed by atoms with Crippen LogP contribution in [0.5, 0.6) is 5.75 Å². The summed E-state index contributed by atoms with van der Waals surface area (Å²) in [7, 11) is 1.63. The molecule has 88 valence electrons. The molecule has 1 unspecified atom stereocenters. The summed E-state index contributed by atoms with van der Waals surface area (Å²) < 4.78 is 5.06. The molecule has 16 heavy (non-hydrogen) atoms. The predicted octanol–water partition coefficient (Wildman–Crippen LogP) is 1.63. The molecule has 0 saturated carbocycles. The highest BCUT2D eigenvalue weighted by molar-refractivity contribution is 5.80. The summed E-state index contributed by atoms with van der Waals surface area (Å²) in [4.78, 5) is 0. The van der Waals surface area contributed by atoms with Crippen LogP contribution in [0.15, 0.2) is 29.4 Å². The van der Waals surface area contributed by atoms with Gasteiger partial charge in [0.15, 0.2) is 0 Å². The van der Waals surface area contributed by atoms with E-state index in [1.807, 2.05) is 31.2 Å². The molecule has 1 aromatic carbocycles. The molecule has 0 spiro atoms. The molecule has 5 heteroatoms. The molecule has 0 aliphatic rings. The van der Waals surface area contributed by atoms with Crippen LogP contribution >= 0.6 is 0 Å². The topological polar surface area (TPSA) is 79.9 Å². The van der Waals surface area contributed by atoms with Crippen LogP contribution in [0.1, 0.15) is 13.3 Å². The minimum Gasteiger partial charge on any atom is -0.497 e. The zero-order chi connectivity index (χ0) is 12.0. The van der Waals surface area contributed by atoms with Crippen molar-refractivity contribution in [3.8, 4) is 5.75 Å². The first-order valence-corrected chi connectivity index (χ1v) is 5.02. The van der Waals surface area contributed by atoms with Gasteiger partial charge in [-0.05, 0) is 31.2 Å². The molecule has 0 aromatic heterocycles. The van der Waals surface area contributed by atoms with Crippen molar-refractivity contribution in [2.24, 2.45) is 10.9 Å². The number of hydrogen-bond donors (Lipinski definition) is 3. The summed E-state index contributed by atoms with van der Waals surface area (Å²) >= 11 is 0. The number of hydrogen-bond acceptors (Lipinski definition) is 4. The van der Waals surface area contributed by atoms with E-state index in [-0.39, 0.29) is 11.9 Å². The van der Waals surface area contributed by atoms with E-state index >= 15 is 0 Å². The lowest BCUT2D eigenvalue weighted by atomic mass is 10.2. The first-order chi connectivity index (χ1) is 7.65. The van der Waals surface area contributed by atoms with Gasteiger partial charge in [0.05, 0.1) is 7.11 Å². The van der Waals surface area contributed by atoms with Crippen LogP contribution in [0.4, 0.5) is 5.69 Å². The summed E-state index contributed by atoms with van der Waals surface area (Å²) in [5.41, 5.74) is 6.38. The maximum Gasteiger partial charge on any atom is 0.141 e. The molecular weight excluding hydrogens is 206 g/mol. The maximum absolute atomic E-state index is 8.44. The molecule has 4 N–H and O–H groups in total. The fourth-order valence-electron chi connectivity index (χ4n) is 1.38. The van der Waals surface area contributed by atoms with Crippen molar-refractivity contribution in [3.63, 3.8) is 0 Å². The van der Waals surface area contributed by atoms with Gasteiger partial charge in [-0.2, -0.15) is 0 Å². The van der Waals surface area contributed by atoms with E-state index < -0.39 is 0 Å². The number of rotatable bonds is 5. The van der Waals surface area contributed by atoms with Gasteiger partial charge in [0.1, 0.15) is 11.6 Å². The zero-order valence-electron chi connectivity index (χ0n) is 9.47. The van der Waals surface area contributed by atoms with Crippen LogP contribution in [-0.4, -0.2) is 24.2 Å². The molecule has 1 atom stereocenters. The molecule has 0 saturated heterocycles. The number of nitrogens with one attached hydrogen (secondary N) is 1. The summed E-state index contributed by atoms with van der Waals surface area (Å²) in [6.45, 7) is 1.96. The fraction of sp³-hybridized carbons (Fsp3) is 0.364. The van der Waals surface area contributed by atoms with Gasteiger partial charge >= 0.3 is 0 Å². The number of nitrogens with zero attached hydrogens (tertiary/aromatic N) is 1. The Hall–Kier alpha value is -1.91. The second-order valence-corrected chi connectivity index (χ2v) is 3.57. The number of amidine groups is 1. The van der Waals surface area contributed by atoms with Gasteiger partial charge < -0.3 is 21.0 Å². The smallest absolute Gasteiger partial charge is 0.141 e. The third-order valence-electron chi connectivity index (χ3n) is 2.15. The van der Waals surface area contributed by atoms with Gasteiger partial charge in [0, 0.05) is 18.2 Å². The molecule has 0 amide bonds. The Bertz CT molecular complexity index is 349. The molecule has 0 fully saturated rings. The van der Waals surface area contributed by atoms with Crippen molar-refractivity contribution >= 4 is 11.5 Å². The SMILES string of the molecule is COc1ccc(NC(C)CC(N)=NO)cc1. The Kier molecular flexibility index (Phi) is 4.44. The van der Waals surface area contributed by atoms with Crippen molar-refractivity contribution < 1.29 is 9.94 Å². The van der Waals surface area contributed by atoms with Crippen LogP contribution in [-0.2, 0) is 0 Å². The summed E-state index contributed by atoms with van der Waals surface area (Å²) in [6, 6.07) is 7.68. The Balaban J connectivity index is 2.52. The molecule has 5 nitrogen and oxygen atoms in total. The molecule has 0 radical (unpaired) electrons. The van der Waals surface area contributed by atoms with Gasteiger partial charge in [-0.1, -0.05) is 5.16 Å². The largest absolute Gasteiger partial charge is 0.497 e. The zero-order valence-corrected chi connectivity index (χ0v) is 9.47. The monoisotopic (exact) mass is 223 g/mol. The fourth-order valence-corrected chi connectivity index (χ4v) is 1.38. The highest BCUT2D eigenvalue weighted by Gasteiger charge is 2.04. The molecule has 0 aliphatic heterocycles. The number of oxime groups is 1. The average Bonchev–Trinajstić information content (AvgIpc) is 2.29. The Morgan fingerprint density at radius 2 is 2.12 bits per heavy atom. The van der Waals surface area contributed by atoms with E-state index in [1.165, 1.54) is 0 Å². The average molecular weight is 223 g/mol. The lowest BCUT2D eigenvalue weighted by molar-refractivity contribution is 0.316. The second-order valence-electron chi connectivity index (χ2n) is 3.57. The van der Waals surface area contributed by atoms with Crippen LogP contribution < -0.4 is 15.8 Å². The Labute approximate surface area is 94.9 Å². The van der Waals surface area contributed by atoms with Crippen LogP contribution in [0, 0.1) is 0 Å². The molecule has 0 heterocycles. The van der Waals surface area contributed by atoms with Crippen molar-refractivity contribution in [1.29, 1.82) is 0 Å². The van der Waals surface area contributed by atoms with E-state index in [0.29, 0.717) is 6.42 Å². The quantitative estimate of drug-likeness (QED) is 0.307. The highest BCUT2D eigenvalue weighted by atomic mass is 16.5. The van der Waals surface area contributed by atoms with Gasteiger partial charge in [-0.25, -0.2) is 0 Å². The Morgan fingerprint density at radius 1 is 1.50 bits per heavy atom. The molecule has 0 aliphatic carbocycles. The first kappa shape index (κ1) is 12.2. The highest BCUT2D eigenvalue weighted by Crippen LogP contribution is 2.16. The number of benzene rings is 1. The summed E-state index contributed by atoms with van der Waals surface area (Å²) in [6.07, 6.45) is 0.489. The van der Waals surface area contributed by atoms with Crippen molar-refractivity contribution in [2.75, 3.05) is 12.4 Å². The van der Waals surface area contributed by atoms with Crippen LogP contribution in [0.25, 0.3) is 0 Å². The standard InChI is InChI=1S/C11H17N3O2/c1-8(7-11(12)14-15)13-9-3-5-10(16-2)6-4-9/h3-6,8,13,15H,7H2,1-2H3,(H2,12,14). The second kappa shape index (κ2) is 5.85. The third-order valence-corrected chi connectivity index (χ3v) is 2.15. The van der Waals surface area contributed by atoms with E-state index in [1.54, 1.807) is 7.11 Å². The van der Waals surface area contributed by atoms with Gasteiger partial charge in [-0.15, -0.1) is 0 Å². The lowest BCUT2D eigenvalue weighted by Crippen LogP contribution is -2.24. The Morgan fingerprint density at radius 3 is 2.62 bits per heavy atom. The van der Waals surface area contributed by atoms with Crippen molar-refractivity contribution in [2.45, 2.75) is 19.4 Å². The summed E-state index contributed by atoms with van der Waals surface area (Å²) in [5.74, 6) is 1.03. The minimum atomic E-state index is 0.101. The maximum atomic E-state index is 8.44. The van der Waals surface area contributed by atoms with Gasteiger partial charge in [0.25, 0.3) is 0 Å². The van der Waals surface area contributed by atoms with Gasteiger partial charge in [-0.3, -0.25) is 0 Å². The predicted molar refractivity (Wildman–Crippen MR) is 64.1 cm³/mol. The third kappa shape index (κ3) is 3.68. The van der Waals surface area contributed by atoms with E-state index in [0.717, 1.165) is 11.4 Å². The minimum absolute atomic E-state index is 0.101. The first-order valence-electron chi connectivity index (χ1n) is 5.02. The van der Waals surface area contributed by atoms with E-state index in [2.05, 4.69) is 10.5 Å². The number of ether oxygens (including phenoxy) is 1. The summed E-state index contributed by atoms with van der Waals surface area (Å²) in [5, 5.41) is 14.6. The molecule has 0 bridgehead atoms. The lowest BCUT2D eigenvalue weighted by Gasteiger charge is -2.14. The van der Waals surface area contributed by atoms with Crippen molar-refractivity contribution in [1.82, 2.24) is 0 Å². The normalized spacial score (nSPS) is 13.2.